The number of benzene rings is 2. The number of carbonyl (C=O) groups is 4. The highest BCUT2D eigenvalue weighted by molar-refractivity contribution is 6.11. The number of nitrogens with one attached hydrogen (secondary N) is 4. The van der Waals surface area contributed by atoms with Crippen molar-refractivity contribution in [3.05, 3.63) is 83.2 Å². The molecule has 1 saturated carbocycles. The van der Waals surface area contributed by atoms with Crippen LogP contribution < -0.4 is 20.7 Å². The number of alkyl carbamates (subject to hydrolysis) is 1. The number of amides is 3. The molecular weight excluding hydrogens is 570 g/mol. The van der Waals surface area contributed by atoms with Crippen LogP contribution in [-0.2, 0) is 4.74 Å². The molecule has 1 atom stereocenters. The van der Waals surface area contributed by atoms with Gasteiger partial charge >= 0.3 is 12.1 Å². The fourth-order valence-electron chi connectivity index (χ4n) is 4.24. The Balaban J connectivity index is 1.64. The number of nitrogens with zero attached hydrogens (tertiary/aromatic N) is 1. The van der Waals surface area contributed by atoms with E-state index >= 15 is 0 Å². The molecule has 1 aromatic heterocycles. The van der Waals surface area contributed by atoms with Crippen molar-refractivity contribution in [2.24, 2.45) is 5.92 Å². The Kier molecular flexibility index (Phi) is 9.71. The summed E-state index contributed by atoms with van der Waals surface area (Å²) in [6.07, 6.45) is 1.20. The normalized spacial score (nSPS) is 12.8. The standard InChI is InChI=1S/C31H31N5O8/c1-4-18-13-23(28(38)34-20-9-7-19(8-10-20)27(32)36-31(42)44-16(2)37)22(14-25(18)43-3)21-11-12-24(35-26(21)30(40)41)29(39)33-15-17-5-6-17/h4,7-14,16-17,37H,1,5-6,15H2,2-3H3,(H,33,39)(H,34,38)(H,40,41)(H2,32,36,42). The summed E-state index contributed by atoms with van der Waals surface area (Å²) in [4.78, 5) is 54.3. The Hall–Kier alpha value is -5.56. The fraction of sp³-hybridized carbons (Fsp3) is 0.226. The van der Waals surface area contributed by atoms with E-state index in [0.29, 0.717) is 35.0 Å². The van der Waals surface area contributed by atoms with Gasteiger partial charge in [0.25, 0.3) is 11.8 Å². The van der Waals surface area contributed by atoms with Crippen LogP contribution in [0.25, 0.3) is 17.2 Å². The molecule has 1 aliphatic carbocycles. The van der Waals surface area contributed by atoms with Gasteiger partial charge in [0.2, 0.25) is 0 Å². The smallest absolute Gasteiger partial charge is 0.415 e. The number of ether oxygens (including phenoxy) is 2. The van der Waals surface area contributed by atoms with Crippen molar-refractivity contribution in [3.8, 4) is 16.9 Å². The molecular formula is C31H31N5O8. The van der Waals surface area contributed by atoms with Crippen LogP contribution in [0.4, 0.5) is 10.5 Å². The number of carbonyl (C=O) groups excluding carboxylic acids is 3. The SMILES string of the molecule is C=Cc1cc(C(=O)Nc2ccc(C(=N)NC(=O)OC(C)O)cc2)c(-c2ccc(C(=O)NCC3CC3)nc2C(=O)O)cc1OC. The molecule has 1 aliphatic rings. The van der Waals surface area contributed by atoms with Crippen molar-refractivity contribution in [3.63, 3.8) is 0 Å². The molecule has 1 heterocycles. The minimum absolute atomic E-state index is 0.0632. The number of anilines is 1. The van der Waals surface area contributed by atoms with Gasteiger partial charge < -0.3 is 30.3 Å². The number of hydrogen-bond acceptors (Lipinski definition) is 9. The fourth-order valence-corrected chi connectivity index (χ4v) is 4.24. The minimum Gasteiger partial charge on any atom is -0.496 e. The lowest BCUT2D eigenvalue weighted by Crippen LogP contribution is -2.33. The van der Waals surface area contributed by atoms with E-state index in [2.05, 4.69) is 32.3 Å². The number of hydrogen-bond donors (Lipinski definition) is 6. The second kappa shape index (κ2) is 13.6. The molecule has 4 rings (SSSR count). The van der Waals surface area contributed by atoms with Gasteiger partial charge in [0, 0.05) is 40.0 Å². The summed E-state index contributed by atoms with van der Waals surface area (Å²) in [5, 5.41) is 34.8. The van der Waals surface area contributed by atoms with Crippen molar-refractivity contribution >= 4 is 41.5 Å². The molecule has 0 aliphatic heterocycles. The van der Waals surface area contributed by atoms with Crippen molar-refractivity contribution in [2.75, 3.05) is 19.0 Å². The number of aliphatic hydroxyl groups is 1. The summed E-state index contributed by atoms with van der Waals surface area (Å²) in [7, 11) is 1.42. The van der Waals surface area contributed by atoms with Gasteiger partial charge in [-0.2, -0.15) is 0 Å². The summed E-state index contributed by atoms with van der Waals surface area (Å²) >= 11 is 0. The third kappa shape index (κ3) is 7.63. The Bertz CT molecular complexity index is 1630. The maximum Gasteiger partial charge on any atom is 0.415 e. The average Bonchev–Trinajstić information content (AvgIpc) is 3.83. The van der Waals surface area contributed by atoms with Gasteiger partial charge in [0.05, 0.1) is 7.11 Å². The molecule has 6 N–H and O–H groups in total. The Morgan fingerprint density at radius 2 is 1.80 bits per heavy atom. The number of aromatic nitrogens is 1. The van der Waals surface area contributed by atoms with Crippen LogP contribution in [0.5, 0.6) is 5.75 Å². The van der Waals surface area contributed by atoms with E-state index < -0.39 is 35.9 Å². The first-order chi connectivity index (χ1) is 21.0. The summed E-state index contributed by atoms with van der Waals surface area (Å²) in [5.74, 6) is -2.02. The third-order valence-corrected chi connectivity index (χ3v) is 6.64. The molecule has 1 unspecified atom stereocenters. The van der Waals surface area contributed by atoms with Crippen molar-refractivity contribution in [1.29, 1.82) is 5.41 Å². The van der Waals surface area contributed by atoms with Gasteiger partial charge in [0.15, 0.2) is 12.0 Å². The number of aromatic carboxylic acids is 1. The Morgan fingerprint density at radius 1 is 1.09 bits per heavy atom. The number of carboxylic acids is 1. The van der Waals surface area contributed by atoms with Gasteiger partial charge in [-0.25, -0.2) is 14.6 Å². The summed E-state index contributed by atoms with van der Waals surface area (Å²) in [6, 6.07) is 11.8. The first kappa shape index (κ1) is 31.4. The van der Waals surface area contributed by atoms with Gasteiger partial charge in [-0.3, -0.25) is 20.3 Å². The number of pyridine rings is 1. The van der Waals surface area contributed by atoms with E-state index in [9.17, 15) is 24.3 Å². The second-order valence-corrected chi connectivity index (χ2v) is 9.93. The van der Waals surface area contributed by atoms with E-state index in [0.717, 1.165) is 12.8 Å². The van der Waals surface area contributed by atoms with Crippen molar-refractivity contribution < 1.29 is 38.9 Å². The maximum atomic E-state index is 13.6. The average molecular weight is 602 g/mol. The van der Waals surface area contributed by atoms with Gasteiger partial charge in [-0.05, 0) is 74.2 Å². The first-order valence-electron chi connectivity index (χ1n) is 13.5. The molecule has 0 spiro atoms. The van der Waals surface area contributed by atoms with Crippen LogP contribution in [0.1, 0.15) is 62.2 Å². The Morgan fingerprint density at radius 3 is 2.39 bits per heavy atom. The third-order valence-electron chi connectivity index (χ3n) is 6.64. The van der Waals surface area contributed by atoms with Crippen LogP contribution >= 0.6 is 0 Å². The van der Waals surface area contributed by atoms with Crippen molar-refractivity contribution in [2.45, 2.75) is 26.1 Å². The quantitative estimate of drug-likeness (QED) is 0.107. The van der Waals surface area contributed by atoms with Crippen LogP contribution in [0, 0.1) is 11.3 Å². The molecule has 0 radical (unpaired) electrons. The number of rotatable bonds is 11. The largest absolute Gasteiger partial charge is 0.496 e. The summed E-state index contributed by atoms with van der Waals surface area (Å²) in [5.41, 5.74) is 0.981. The Labute approximate surface area is 252 Å². The molecule has 1 fully saturated rings. The van der Waals surface area contributed by atoms with Crippen molar-refractivity contribution in [1.82, 2.24) is 15.6 Å². The number of methoxy groups -OCH3 is 1. The highest BCUT2D eigenvalue weighted by Gasteiger charge is 2.25. The topological polar surface area (TPSA) is 200 Å². The maximum absolute atomic E-state index is 13.6. The molecule has 2 aromatic carbocycles. The number of amidine groups is 1. The number of aliphatic hydroxyl groups excluding tert-OH is 1. The first-order valence-corrected chi connectivity index (χ1v) is 13.5. The zero-order valence-corrected chi connectivity index (χ0v) is 24.0. The zero-order chi connectivity index (χ0) is 32.0. The highest BCUT2D eigenvalue weighted by Crippen LogP contribution is 2.34. The van der Waals surface area contributed by atoms with Crippen LogP contribution in [0.3, 0.4) is 0 Å². The van der Waals surface area contributed by atoms with Crippen LogP contribution in [0.15, 0.2) is 55.1 Å². The van der Waals surface area contributed by atoms with Crippen LogP contribution in [0.2, 0.25) is 0 Å². The molecule has 13 nitrogen and oxygen atoms in total. The molecule has 44 heavy (non-hydrogen) atoms. The molecule has 13 heteroatoms. The van der Waals surface area contributed by atoms with Gasteiger partial charge in [0.1, 0.15) is 17.3 Å². The second-order valence-electron chi connectivity index (χ2n) is 9.93. The van der Waals surface area contributed by atoms with Gasteiger partial charge in [-0.15, -0.1) is 0 Å². The molecule has 0 bridgehead atoms. The lowest BCUT2D eigenvalue weighted by molar-refractivity contribution is -0.0353. The predicted molar refractivity (Wildman–Crippen MR) is 161 cm³/mol. The van der Waals surface area contributed by atoms with E-state index in [1.165, 1.54) is 68.6 Å². The van der Waals surface area contributed by atoms with Crippen LogP contribution in [-0.4, -0.2) is 64.9 Å². The summed E-state index contributed by atoms with van der Waals surface area (Å²) < 4.78 is 9.99. The highest BCUT2D eigenvalue weighted by atomic mass is 16.6. The monoisotopic (exact) mass is 601 g/mol. The lowest BCUT2D eigenvalue weighted by Gasteiger charge is -2.16. The molecule has 228 valence electrons. The zero-order valence-electron chi connectivity index (χ0n) is 24.0. The molecule has 3 aromatic rings. The lowest BCUT2D eigenvalue weighted by atomic mass is 9.94. The molecule has 3 amide bonds. The minimum atomic E-state index is -1.39. The van der Waals surface area contributed by atoms with E-state index in [1.807, 2.05) is 0 Å². The number of carboxylic acid groups (broad SMARTS) is 1. The predicted octanol–water partition coefficient (Wildman–Crippen LogP) is 3.88. The van der Waals surface area contributed by atoms with E-state index in [-0.39, 0.29) is 28.2 Å². The molecule has 0 saturated heterocycles. The van der Waals surface area contributed by atoms with Gasteiger partial charge in [-0.1, -0.05) is 12.7 Å². The van der Waals surface area contributed by atoms with E-state index in [4.69, 9.17) is 15.3 Å². The van der Waals surface area contributed by atoms with E-state index in [1.54, 1.807) is 0 Å². The summed E-state index contributed by atoms with van der Waals surface area (Å²) in [6.45, 7) is 5.50.